The van der Waals surface area contributed by atoms with E-state index >= 15 is 0 Å². The van der Waals surface area contributed by atoms with Crippen LogP contribution in [0.15, 0.2) is 35.2 Å². The summed E-state index contributed by atoms with van der Waals surface area (Å²) in [7, 11) is 0.851. The van der Waals surface area contributed by atoms with Gasteiger partial charge >= 0.3 is 0 Å². The highest BCUT2D eigenvalue weighted by atomic mass is 32.2. The fourth-order valence-electron chi connectivity index (χ4n) is 1.56. The standard InChI is InChI=1S/C12H18O5S/c1-15-12(16-2,17-3)9-10-18(13,14)11-7-5-4-6-8-11/h4-8H,9-10H2,1-3H3. The summed E-state index contributed by atoms with van der Waals surface area (Å²) in [5.41, 5.74) is 0. The SMILES string of the molecule is COC(CCS(=O)(=O)c1ccccc1)(OC)OC. The van der Waals surface area contributed by atoms with Crippen LogP contribution < -0.4 is 0 Å². The van der Waals surface area contributed by atoms with Crippen LogP contribution in [0.1, 0.15) is 6.42 Å². The van der Waals surface area contributed by atoms with Crippen molar-refractivity contribution in [3.63, 3.8) is 0 Å². The van der Waals surface area contributed by atoms with Crippen molar-refractivity contribution in [3.8, 4) is 0 Å². The molecule has 0 saturated carbocycles. The Labute approximate surface area is 108 Å². The largest absolute Gasteiger partial charge is 0.331 e. The van der Waals surface area contributed by atoms with Gasteiger partial charge in [0.05, 0.1) is 10.6 Å². The summed E-state index contributed by atoms with van der Waals surface area (Å²) in [6, 6.07) is 8.25. The number of ether oxygens (including phenoxy) is 3. The van der Waals surface area contributed by atoms with Gasteiger partial charge in [-0.1, -0.05) is 18.2 Å². The van der Waals surface area contributed by atoms with E-state index in [1.165, 1.54) is 21.3 Å². The maximum absolute atomic E-state index is 12.1. The summed E-state index contributed by atoms with van der Waals surface area (Å²) in [5.74, 6) is -1.44. The lowest BCUT2D eigenvalue weighted by Gasteiger charge is -2.28. The molecule has 18 heavy (non-hydrogen) atoms. The minimum Gasteiger partial charge on any atom is -0.331 e. The van der Waals surface area contributed by atoms with Crippen LogP contribution in [0.3, 0.4) is 0 Å². The molecule has 0 aliphatic heterocycles. The molecule has 5 nitrogen and oxygen atoms in total. The number of hydrogen-bond donors (Lipinski definition) is 0. The first-order valence-corrected chi connectivity index (χ1v) is 7.08. The number of methoxy groups -OCH3 is 3. The van der Waals surface area contributed by atoms with Gasteiger partial charge in [-0.2, -0.15) is 0 Å². The van der Waals surface area contributed by atoms with Crippen LogP contribution in [-0.2, 0) is 24.0 Å². The third kappa shape index (κ3) is 3.52. The third-order valence-corrected chi connectivity index (χ3v) is 4.44. The number of hydrogen-bond acceptors (Lipinski definition) is 5. The summed E-state index contributed by atoms with van der Waals surface area (Å²) in [6.45, 7) is 0. The summed E-state index contributed by atoms with van der Waals surface area (Å²) in [4.78, 5) is 0.280. The summed E-state index contributed by atoms with van der Waals surface area (Å²) >= 11 is 0. The Morgan fingerprint density at radius 3 is 1.94 bits per heavy atom. The predicted octanol–water partition coefficient (Wildman–Crippen LogP) is 1.44. The molecular formula is C12H18O5S. The molecule has 6 heteroatoms. The Morgan fingerprint density at radius 2 is 1.50 bits per heavy atom. The van der Waals surface area contributed by atoms with E-state index in [0.717, 1.165) is 0 Å². The molecule has 1 aromatic rings. The molecule has 0 N–H and O–H groups in total. The normalized spacial score (nSPS) is 12.6. The first kappa shape index (κ1) is 15.1. The molecule has 0 aliphatic carbocycles. The second-order valence-electron chi connectivity index (χ2n) is 3.68. The van der Waals surface area contributed by atoms with Crippen LogP contribution in [0.4, 0.5) is 0 Å². The van der Waals surface area contributed by atoms with Crippen LogP contribution in [-0.4, -0.2) is 41.5 Å². The van der Waals surface area contributed by atoms with E-state index in [-0.39, 0.29) is 17.1 Å². The summed E-state index contributed by atoms with van der Waals surface area (Å²) < 4.78 is 39.3. The highest BCUT2D eigenvalue weighted by Crippen LogP contribution is 2.20. The molecule has 0 amide bonds. The third-order valence-electron chi connectivity index (χ3n) is 2.71. The molecule has 1 aromatic carbocycles. The Morgan fingerprint density at radius 1 is 1.00 bits per heavy atom. The maximum Gasteiger partial charge on any atom is 0.283 e. The lowest BCUT2D eigenvalue weighted by molar-refractivity contribution is -0.352. The van der Waals surface area contributed by atoms with Gasteiger partial charge in [0.15, 0.2) is 9.84 Å². The van der Waals surface area contributed by atoms with E-state index in [0.29, 0.717) is 0 Å². The highest BCUT2D eigenvalue weighted by Gasteiger charge is 2.32. The van der Waals surface area contributed by atoms with Gasteiger partial charge in [0, 0.05) is 27.8 Å². The van der Waals surface area contributed by atoms with Crippen LogP contribution >= 0.6 is 0 Å². The van der Waals surface area contributed by atoms with Crippen molar-refractivity contribution >= 4 is 9.84 Å². The first-order chi connectivity index (χ1) is 8.49. The topological polar surface area (TPSA) is 61.8 Å². The number of benzene rings is 1. The van der Waals surface area contributed by atoms with Crippen molar-refractivity contribution < 1.29 is 22.6 Å². The van der Waals surface area contributed by atoms with Gasteiger partial charge in [-0.25, -0.2) is 8.42 Å². The Hall–Kier alpha value is -0.950. The number of rotatable bonds is 7. The fourth-order valence-corrected chi connectivity index (χ4v) is 2.89. The molecule has 0 spiro atoms. The van der Waals surface area contributed by atoms with E-state index < -0.39 is 15.8 Å². The molecule has 0 aromatic heterocycles. The quantitative estimate of drug-likeness (QED) is 0.704. The number of sulfone groups is 1. The summed E-state index contributed by atoms with van der Waals surface area (Å²) in [5, 5.41) is 0. The van der Waals surface area contributed by atoms with Crippen molar-refractivity contribution in [1.82, 2.24) is 0 Å². The smallest absolute Gasteiger partial charge is 0.283 e. The van der Waals surface area contributed by atoms with Crippen LogP contribution in [0.25, 0.3) is 0 Å². The van der Waals surface area contributed by atoms with Crippen molar-refractivity contribution in [3.05, 3.63) is 30.3 Å². The molecular weight excluding hydrogens is 256 g/mol. The second-order valence-corrected chi connectivity index (χ2v) is 5.79. The van der Waals surface area contributed by atoms with Crippen LogP contribution in [0.5, 0.6) is 0 Å². The maximum atomic E-state index is 12.1. The van der Waals surface area contributed by atoms with Crippen LogP contribution in [0.2, 0.25) is 0 Å². The van der Waals surface area contributed by atoms with Crippen molar-refractivity contribution in [2.75, 3.05) is 27.1 Å². The second kappa shape index (κ2) is 6.29. The van der Waals surface area contributed by atoms with Gasteiger partial charge in [-0.3, -0.25) is 0 Å². The molecule has 0 saturated heterocycles. The Bertz CT molecular complexity index is 442. The average molecular weight is 274 g/mol. The van der Waals surface area contributed by atoms with Gasteiger partial charge in [-0.15, -0.1) is 0 Å². The minimum absolute atomic E-state index is 0.0910. The average Bonchev–Trinajstić information content (AvgIpc) is 2.42. The molecule has 0 radical (unpaired) electrons. The zero-order valence-electron chi connectivity index (χ0n) is 10.8. The predicted molar refractivity (Wildman–Crippen MR) is 66.9 cm³/mol. The van der Waals surface area contributed by atoms with E-state index in [2.05, 4.69) is 0 Å². The highest BCUT2D eigenvalue weighted by molar-refractivity contribution is 7.91. The van der Waals surface area contributed by atoms with Crippen LogP contribution in [0, 0.1) is 0 Å². The summed E-state index contributed by atoms with van der Waals surface area (Å²) in [6.07, 6.45) is 0.0910. The monoisotopic (exact) mass is 274 g/mol. The molecule has 0 bridgehead atoms. The van der Waals surface area contributed by atoms with Gasteiger partial charge in [0.2, 0.25) is 0 Å². The Kier molecular flexibility index (Phi) is 5.28. The van der Waals surface area contributed by atoms with E-state index in [4.69, 9.17) is 14.2 Å². The molecule has 1 rings (SSSR count). The van der Waals surface area contributed by atoms with Gasteiger partial charge in [0.25, 0.3) is 5.97 Å². The first-order valence-electron chi connectivity index (χ1n) is 5.43. The van der Waals surface area contributed by atoms with Gasteiger partial charge in [-0.05, 0) is 12.1 Å². The van der Waals surface area contributed by atoms with Crippen molar-refractivity contribution in [2.45, 2.75) is 17.3 Å². The van der Waals surface area contributed by atoms with E-state index in [1.807, 2.05) is 0 Å². The zero-order chi connectivity index (χ0) is 13.6. The molecule has 0 unspecified atom stereocenters. The van der Waals surface area contributed by atoms with Gasteiger partial charge in [0.1, 0.15) is 0 Å². The van der Waals surface area contributed by atoms with E-state index in [1.54, 1.807) is 30.3 Å². The zero-order valence-corrected chi connectivity index (χ0v) is 11.6. The van der Waals surface area contributed by atoms with Gasteiger partial charge < -0.3 is 14.2 Å². The lowest BCUT2D eigenvalue weighted by atomic mass is 10.4. The van der Waals surface area contributed by atoms with E-state index in [9.17, 15) is 8.42 Å². The molecule has 0 aliphatic rings. The molecule has 0 heterocycles. The lowest BCUT2D eigenvalue weighted by Crippen LogP contribution is -2.37. The molecule has 102 valence electrons. The molecule has 0 atom stereocenters. The molecule has 0 fully saturated rings. The van der Waals surface area contributed by atoms with Crippen molar-refractivity contribution in [2.24, 2.45) is 0 Å². The minimum atomic E-state index is -3.36. The fraction of sp³-hybridized carbons (Fsp3) is 0.500. The Balaban J connectivity index is 2.79. The van der Waals surface area contributed by atoms with Crippen molar-refractivity contribution in [1.29, 1.82) is 0 Å².